The first-order valence-electron chi connectivity index (χ1n) is 7.30. The second kappa shape index (κ2) is 5.98. The Bertz CT molecular complexity index is 964. The van der Waals surface area contributed by atoms with E-state index < -0.39 is 0 Å². The van der Waals surface area contributed by atoms with E-state index in [1.165, 1.54) is 5.56 Å². The summed E-state index contributed by atoms with van der Waals surface area (Å²) in [6, 6.07) is 15.5. The molecule has 4 heteroatoms. The molecule has 0 fully saturated rings. The van der Waals surface area contributed by atoms with Gasteiger partial charge in [0, 0.05) is 12.7 Å². The topological polar surface area (TPSA) is 55.0 Å². The number of fused-ring (bicyclic) bond motifs is 1. The van der Waals surface area contributed by atoms with Gasteiger partial charge in [0.05, 0.1) is 18.0 Å². The number of nitrogens with zero attached hydrogens (tertiary/aromatic N) is 2. The minimum absolute atomic E-state index is 0.137. The summed E-state index contributed by atoms with van der Waals surface area (Å²) in [5.74, 6) is 0.621. The zero-order valence-corrected chi connectivity index (χ0v) is 13.0. The van der Waals surface area contributed by atoms with Gasteiger partial charge in [-0.05, 0) is 24.6 Å². The monoisotopic (exact) mass is 304 g/mol. The molecule has 3 aromatic rings. The van der Waals surface area contributed by atoms with Crippen molar-refractivity contribution in [3.05, 3.63) is 75.6 Å². The number of pyridine rings is 1. The fraction of sp³-hybridized carbons (Fsp3) is 0.158. The van der Waals surface area contributed by atoms with Gasteiger partial charge in [-0.2, -0.15) is 5.26 Å². The van der Waals surface area contributed by atoms with Crippen LogP contribution in [0.15, 0.2) is 53.5 Å². The molecule has 0 aliphatic heterocycles. The molecule has 0 amide bonds. The maximum atomic E-state index is 12.4. The van der Waals surface area contributed by atoms with Crippen molar-refractivity contribution in [3.8, 4) is 11.8 Å². The molecular formula is C19H16N2O2. The molecular weight excluding hydrogens is 288 g/mol. The van der Waals surface area contributed by atoms with Crippen LogP contribution in [0.25, 0.3) is 10.9 Å². The summed E-state index contributed by atoms with van der Waals surface area (Å²) >= 11 is 0. The van der Waals surface area contributed by atoms with Gasteiger partial charge < -0.3 is 9.30 Å². The largest absolute Gasteiger partial charge is 0.495 e. The summed E-state index contributed by atoms with van der Waals surface area (Å²) in [6.07, 6.45) is 1.60. The number of benzene rings is 2. The minimum atomic E-state index is -0.262. The van der Waals surface area contributed by atoms with Crippen molar-refractivity contribution in [1.29, 1.82) is 5.26 Å². The number of hydrogen-bond acceptors (Lipinski definition) is 3. The molecule has 0 radical (unpaired) electrons. The van der Waals surface area contributed by atoms with E-state index in [9.17, 15) is 10.1 Å². The van der Waals surface area contributed by atoms with E-state index >= 15 is 0 Å². The molecule has 0 bridgehead atoms. The highest BCUT2D eigenvalue weighted by atomic mass is 16.5. The fourth-order valence-electron chi connectivity index (χ4n) is 2.69. The van der Waals surface area contributed by atoms with E-state index in [0.29, 0.717) is 23.2 Å². The maximum absolute atomic E-state index is 12.4. The Kier molecular flexibility index (Phi) is 3.86. The molecule has 1 heterocycles. The molecule has 0 atom stereocenters. The highest BCUT2D eigenvalue weighted by molar-refractivity contribution is 5.86. The molecule has 0 unspecified atom stereocenters. The Morgan fingerprint density at radius 1 is 1.17 bits per heavy atom. The molecule has 0 spiro atoms. The Labute approximate surface area is 134 Å². The molecule has 0 aliphatic rings. The van der Waals surface area contributed by atoms with Crippen LogP contribution in [0.2, 0.25) is 0 Å². The van der Waals surface area contributed by atoms with Crippen LogP contribution in [0.5, 0.6) is 5.75 Å². The lowest BCUT2D eigenvalue weighted by Crippen LogP contribution is -2.14. The molecule has 3 rings (SSSR count). The molecule has 23 heavy (non-hydrogen) atoms. The van der Waals surface area contributed by atoms with Crippen molar-refractivity contribution in [2.24, 2.45) is 0 Å². The number of para-hydroxylation sites is 1. The second-order valence-corrected chi connectivity index (χ2v) is 5.45. The third-order valence-electron chi connectivity index (χ3n) is 3.87. The van der Waals surface area contributed by atoms with E-state index in [4.69, 9.17) is 4.74 Å². The number of ether oxygens (including phenoxy) is 1. The van der Waals surface area contributed by atoms with Gasteiger partial charge in [-0.1, -0.05) is 35.9 Å². The second-order valence-electron chi connectivity index (χ2n) is 5.45. The van der Waals surface area contributed by atoms with E-state index in [-0.39, 0.29) is 11.0 Å². The first-order chi connectivity index (χ1) is 11.1. The van der Waals surface area contributed by atoms with Gasteiger partial charge in [-0.15, -0.1) is 0 Å². The lowest BCUT2D eigenvalue weighted by molar-refractivity contribution is 0.417. The van der Waals surface area contributed by atoms with Gasteiger partial charge in [-0.25, -0.2) is 0 Å². The number of methoxy groups -OCH3 is 1. The maximum Gasteiger partial charge on any atom is 0.207 e. The van der Waals surface area contributed by atoms with Crippen molar-refractivity contribution >= 4 is 10.9 Å². The standard InChI is InChI=1S/C19H16N2O2/c1-13-6-8-14(9-7-13)11-21-12-15(10-20)19(22)16-4-3-5-17(23-2)18(16)21/h3-9,12H,11H2,1-2H3. The summed E-state index contributed by atoms with van der Waals surface area (Å²) in [5.41, 5.74) is 2.86. The number of rotatable bonds is 3. The Balaban J connectivity index is 2.26. The summed E-state index contributed by atoms with van der Waals surface area (Å²) in [7, 11) is 1.58. The molecule has 2 aromatic carbocycles. The van der Waals surface area contributed by atoms with Crippen LogP contribution < -0.4 is 10.2 Å². The van der Waals surface area contributed by atoms with Gasteiger partial charge in [-0.3, -0.25) is 4.79 Å². The lowest BCUT2D eigenvalue weighted by atomic mass is 10.1. The van der Waals surface area contributed by atoms with Crippen LogP contribution in [-0.2, 0) is 6.54 Å². The molecule has 0 aliphatic carbocycles. The third kappa shape index (κ3) is 2.69. The van der Waals surface area contributed by atoms with Crippen molar-refractivity contribution in [3.63, 3.8) is 0 Å². The summed E-state index contributed by atoms with van der Waals surface area (Å²) in [4.78, 5) is 12.4. The van der Waals surface area contributed by atoms with Crippen molar-refractivity contribution in [2.45, 2.75) is 13.5 Å². The molecule has 114 valence electrons. The third-order valence-corrected chi connectivity index (χ3v) is 3.87. The van der Waals surface area contributed by atoms with E-state index in [0.717, 1.165) is 5.56 Å². The fourth-order valence-corrected chi connectivity index (χ4v) is 2.69. The van der Waals surface area contributed by atoms with E-state index in [2.05, 4.69) is 0 Å². The van der Waals surface area contributed by atoms with Gasteiger partial charge in [0.2, 0.25) is 5.43 Å². The first kappa shape index (κ1) is 14.9. The van der Waals surface area contributed by atoms with Crippen LogP contribution in [0.4, 0.5) is 0 Å². The van der Waals surface area contributed by atoms with E-state index in [1.807, 2.05) is 47.9 Å². The van der Waals surface area contributed by atoms with Crippen LogP contribution in [0, 0.1) is 18.3 Å². The predicted molar refractivity (Wildman–Crippen MR) is 89.8 cm³/mol. The summed E-state index contributed by atoms with van der Waals surface area (Å²) in [5, 5.41) is 9.73. The van der Waals surface area contributed by atoms with Crippen LogP contribution in [-0.4, -0.2) is 11.7 Å². The number of aryl methyl sites for hydroxylation is 1. The van der Waals surface area contributed by atoms with Crippen molar-refractivity contribution < 1.29 is 4.74 Å². The van der Waals surface area contributed by atoms with E-state index in [1.54, 1.807) is 25.4 Å². The highest BCUT2D eigenvalue weighted by Gasteiger charge is 2.13. The Morgan fingerprint density at radius 3 is 2.57 bits per heavy atom. The predicted octanol–water partition coefficient (Wildman–Crippen LogP) is 3.24. The smallest absolute Gasteiger partial charge is 0.207 e. The zero-order chi connectivity index (χ0) is 16.4. The highest BCUT2D eigenvalue weighted by Crippen LogP contribution is 2.24. The lowest BCUT2D eigenvalue weighted by Gasteiger charge is -2.14. The van der Waals surface area contributed by atoms with Crippen molar-refractivity contribution in [1.82, 2.24) is 4.57 Å². The Morgan fingerprint density at radius 2 is 1.91 bits per heavy atom. The Hall–Kier alpha value is -3.06. The quantitative estimate of drug-likeness (QED) is 0.746. The first-order valence-corrected chi connectivity index (χ1v) is 7.30. The molecule has 1 aromatic heterocycles. The van der Waals surface area contributed by atoms with Gasteiger partial charge in [0.15, 0.2) is 0 Å². The van der Waals surface area contributed by atoms with Crippen LogP contribution >= 0.6 is 0 Å². The molecule has 0 saturated heterocycles. The SMILES string of the molecule is COc1cccc2c(=O)c(C#N)cn(Cc3ccc(C)cc3)c12. The molecule has 4 nitrogen and oxygen atoms in total. The molecule has 0 saturated carbocycles. The zero-order valence-electron chi connectivity index (χ0n) is 13.0. The van der Waals surface area contributed by atoms with Crippen LogP contribution in [0.3, 0.4) is 0 Å². The van der Waals surface area contributed by atoms with Crippen molar-refractivity contribution in [2.75, 3.05) is 7.11 Å². The summed E-state index contributed by atoms with van der Waals surface area (Å²) in [6.45, 7) is 2.60. The number of hydrogen-bond donors (Lipinski definition) is 0. The average molecular weight is 304 g/mol. The van der Waals surface area contributed by atoms with Gasteiger partial charge in [0.1, 0.15) is 17.4 Å². The number of nitriles is 1. The minimum Gasteiger partial charge on any atom is -0.495 e. The number of aromatic nitrogens is 1. The van der Waals surface area contributed by atoms with Crippen LogP contribution in [0.1, 0.15) is 16.7 Å². The normalized spacial score (nSPS) is 10.5. The average Bonchev–Trinajstić information content (AvgIpc) is 2.58. The molecule has 0 N–H and O–H groups in total. The van der Waals surface area contributed by atoms with Gasteiger partial charge in [0.25, 0.3) is 0 Å². The van der Waals surface area contributed by atoms with Gasteiger partial charge >= 0.3 is 0 Å². The summed E-state index contributed by atoms with van der Waals surface area (Å²) < 4.78 is 7.31.